The molecule has 1 aromatic carbocycles. The van der Waals surface area contributed by atoms with Crippen LogP contribution in [0.25, 0.3) is 10.9 Å². The van der Waals surface area contributed by atoms with Gasteiger partial charge in [0.15, 0.2) is 0 Å². The smallest absolute Gasteiger partial charge is 0.226 e. The average molecular weight is 365 g/mol. The number of carbonyl (C=O) groups excluding carboxylic acids is 1. The van der Waals surface area contributed by atoms with E-state index in [4.69, 9.17) is 4.98 Å². The van der Waals surface area contributed by atoms with Gasteiger partial charge in [-0.2, -0.15) is 0 Å². The SMILES string of the molecule is Cc1nc(CN2C(=O)C[C@H]3[C@@H]2CCN3c2ncc3ccccc3n2)cs1. The maximum atomic E-state index is 12.6. The molecule has 2 atom stereocenters. The maximum Gasteiger partial charge on any atom is 0.226 e. The number of thiazole rings is 1. The molecule has 0 bridgehead atoms. The fraction of sp³-hybridized carbons (Fsp3) is 0.368. The molecule has 4 heterocycles. The van der Waals surface area contributed by atoms with Crippen molar-refractivity contribution in [1.82, 2.24) is 19.9 Å². The van der Waals surface area contributed by atoms with Crippen molar-refractivity contribution in [2.45, 2.75) is 38.4 Å². The summed E-state index contributed by atoms with van der Waals surface area (Å²) < 4.78 is 0. The van der Waals surface area contributed by atoms with Gasteiger partial charge in [0.2, 0.25) is 11.9 Å². The first-order chi connectivity index (χ1) is 12.7. The van der Waals surface area contributed by atoms with Crippen LogP contribution in [0.3, 0.4) is 0 Å². The van der Waals surface area contributed by atoms with Crippen molar-refractivity contribution in [3.05, 3.63) is 46.5 Å². The molecule has 0 unspecified atom stereocenters. The molecule has 2 fully saturated rings. The van der Waals surface area contributed by atoms with Gasteiger partial charge in [0.05, 0.1) is 34.8 Å². The second-order valence-electron chi connectivity index (χ2n) is 6.93. The lowest BCUT2D eigenvalue weighted by atomic mass is 10.1. The third-order valence-corrected chi connectivity index (χ3v) is 6.17. The van der Waals surface area contributed by atoms with Gasteiger partial charge in [-0.15, -0.1) is 11.3 Å². The Kier molecular flexibility index (Phi) is 3.63. The Morgan fingerprint density at radius 1 is 1.23 bits per heavy atom. The number of rotatable bonds is 3. The number of carbonyl (C=O) groups is 1. The summed E-state index contributed by atoms with van der Waals surface area (Å²) >= 11 is 1.63. The highest BCUT2D eigenvalue weighted by molar-refractivity contribution is 7.09. The van der Waals surface area contributed by atoms with E-state index in [0.29, 0.717) is 13.0 Å². The van der Waals surface area contributed by atoms with Crippen LogP contribution in [0.1, 0.15) is 23.5 Å². The van der Waals surface area contributed by atoms with E-state index in [1.54, 1.807) is 11.3 Å². The lowest BCUT2D eigenvalue weighted by Gasteiger charge is -2.25. The number of fused-ring (bicyclic) bond motifs is 2. The van der Waals surface area contributed by atoms with Crippen molar-refractivity contribution < 1.29 is 4.79 Å². The molecule has 0 radical (unpaired) electrons. The maximum absolute atomic E-state index is 12.6. The van der Waals surface area contributed by atoms with E-state index in [-0.39, 0.29) is 18.0 Å². The molecule has 0 N–H and O–H groups in total. The van der Waals surface area contributed by atoms with Crippen LogP contribution in [0.15, 0.2) is 35.8 Å². The summed E-state index contributed by atoms with van der Waals surface area (Å²) in [6.45, 7) is 3.49. The molecule has 6 nitrogen and oxygen atoms in total. The number of likely N-dealkylation sites (tertiary alicyclic amines) is 1. The number of nitrogens with zero attached hydrogens (tertiary/aromatic N) is 5. The second kappa shape index (κ2) is 6.02. The summed E-state index contributed by atoms with van der Waals surface area (Å²) in [6, 6.07) is 8.38. The predicted molar refractivity (Wildman–Crippen MR) is 101 cm³/mol. The first-order valence-corrected chi connectivity index (χ1v) is 9.76. The molecule has 5 rings (SSSR count). The van der Waals surface area contributed by atoms with Gasteiger partial charge in [0, 0.05) is 29.9 Å². The van der Waals surface area contributed by atoms with Gasteiger partial charge in [-0.3, -0.25) is 4.79 Å². The van der Waals surface area contributed by atoms with Crippen molar-refractivity contribution in [2.24, 2.45) is 0 Å². The number of aryl methyl sites for hydroxylation is 1. The molecular weight excluding hydrogens is 346 g/mol. The molecule has 26 heavy (non-hydrogen) atoms. The van der Waals surface area contributed by atoms with Crippen LogP contribution in [-0.2, 0) is 11.3 Å². The number of hydrogen-bond donors (Lipinski definition) is 0. The number of aromatic nitrogens is 3. The minimum Gasteiger partial charge on any atom is -0.335 e. The third-order valence-electron chi connectivity index (χ3n) is 5.35. The molecule has 2 aromatic heterocycles. The van der Waals surface area contributed by atoms with Crippen LogP contribution in [0.5, 0.6) is 0 Å². The molecule has 2 aliphatic rings. The molecule has 132 valence electrons. The molecule has 7 heteroatoms. The molecule has 0 spiro atoms. The topological polar surface area (TPSA) is 62.2 Å². The van der Waals surface area contributed by atoms with Crippen molar-refractivity contribution in [1.29, 1.82) is 0 Å². The minimum atomic E-state index is 0.156. The first kappa shape index (κ1) is 15.7. The first-order valence-electron chi connectivity index (χ1n) is 8.88. The Morgan fingerprint density at radius 2 is 2.12 bits per heavy atom. The van der Waals surface area contributed by atoms with Gasteiger partial charge < -0.3 is 9.80 Å². The van der Waals surface area contributed by atoms with Crippen molar-refractivity contribution in [3.63, 3.8) is 0 Å². The van der Waals surface area contributed by atoms with E-state index in [1.165, 1.54) is 0 Å². The van der Waals surface area contributed by atoms with E-state index >= 15 is 0 Å². The lowest BCUT2D eigenvalue weighted by Crippen LogP contribution is -2.37. The zero-order valence-electron chi connectivity index (χ0n) is 14.5. The minimum absolute atomic E-state index is 0.156. The van der Waals surface area contributed by atoms with Crippen molar-refractivity contribution >= 4 is 34.1 Å². The standard InChI is InChI=1S/C19H19N5OS/c1-12-21-14(11-26-12)10-24-16-6-7-23(17(16)8-18(24)25)19-20-9-13-4-2-3-5-15(13)22-19/h2-5,9,11,16-17H,6-8,10H2,1H3/t16-,17-/m0/s1. The van der Waals surface area contributed by atoms with Crippen LogP contribution in [0.4, 0.5) is 5.95 Å². The summed E-state index contributed by atoms with van der Waals surface area (Å²) in [5.74, 6) is 0.937. The number of para-hydroxylation sites is 1. The van der Waals surface area contributed by atoms with E-state index < -0.39 is 0 Å². The van der Waals surface area contributed by atoms with Gasteiger partial charge in [0.1, 0.15) is 0 Å². The Morgan fingerprint density at radius 3 is 2.96 bits per heavy atom. The molecule has 0 aliphatic carbocycles. The summed E-state index contributed by atoms with van der Waals surface area (Å²) in [5.41, 5.74) is 1.93. The average Bonchev–Trinajstić information content (AvgIpc) is 3.32. The van der Waals surface area contributed by atoms with Crippen LogP contribution < -0.4 is 4.90 Å². The van der Waals surface area contributed by atoms with E-state index in [0.717, 1.165) is 40.5 Å². The van der Waals surface area contributed by atoms with Gasteiger partial charge in [-0.1, -0.05) is 18.2 Å². The summed E-state index contributed by atoms with van der Waals surface area (Å²) in [6.07, 6.45) is 3.36. The Labute approximate surface area is 155 Å². The molecule has 3 aromatic rings. The van der Waals surface area contributed by atoms with Crippen molar-refractivity contribution in [3.8, 4) is 0 Å². The van der Waals surface area contributed by atoms with Crippen LogP contribution in [-0.4, -0.2) is 44.4 Å². The van der Waals surface area contributed by atoms with Crippen LogP contribution >= 0.6 is 11.3 Å². The zero-order chi connectivity index (χ0) is 17.7. The molecule has 0 saturated carbocycles. The van der Waals surface area contributed by atoms with Gasteiger partial charge in [-0.25, -0.2) is 15.0 Å². The molecule has 2 aliphatic heterocycles. The largest absolute Gasteiger partial charge is 0.335 e. The molecule has 2 saturated heterocycles. The van der Waals surface area contributed by atoms with Gasteiger partial charge >= 0.3 is 0 Å². The number of amides is 1. The third kappa shape index (κ3) is 2.54. The Balaban J connectivity index is 1.41. The second-order valence-corrected chi connectivity index (χ2v) is 7.99. The fourth-order valence-corrected chi connectivity index (χ4v) is 4.74. The summed E-state index contributed by atoms with van der Waals surface area (Å²) in [5, 5.41) is 4.13. The Bertz CT molecular complexity index is 987. The monoisotopic (exact) mass is 365 g/mol. The molecular formula is C19H19N5OS. The summed E-state index contributed by atoms with van der Waals surface area (Å²) in [7, 11) is 0. The normalized spacial score (nSPS) is 22.4. The Hall–Kier alpha value is -2.54. The number of hydrogen-bond acceptors (Lipinski definition) is 6. The number of anilines is 1. The summed E-state index contributed by atoms with van der Waals surface area (Å²) in [4.78, 5) is 30.6. The lowest BCUT2D eigenvalue weighted by molar-refractivity contribution is -0.129. The highest BCUT2D eigenvalue weighted by Gasteiger charge is 2.47. The van der Waals surface area contributed by atoms with Crippen molar-refractivity contribution in [2.75, 3.05) is 11.4 Å². The molecule has 1 amide bonds. The van der Waals surface area contributed by atoms with Crippen LogP contribution in [0, 0.1) is 6.92 Å². The predicted octanol–water partition coefficient (Wildman–Crippen LogP) is 2.77. The highest BCUT2D eigenvalue weighted by atomic mass is 32.1. The highest BCUT2D eigenvalue weighted by Crippen LogP contribution is 2.35. The van der Waals surface area contributed by atoms with E-state index in [2.05, 4.69) is 20.2 Å². The quantitative estimate of drug-likeness (QED) is 0.714. The van der Waals surface area contributed by atoms with Crippen LogP contribution in [0.2, 0.25) is 0 Å². The van der Waals surface area contributed by atoms with Gasteiger partial charge in [0.25, 0.3) is 0 Å². The van der Waals surface area contributed by atoms with E-state index in [9.17, 15) is 4.79 Å². The van der Waals surface area contributed by atoms with Gasteiger partial charge in [-0.05, 0) is 19.4 Å². The fourth-order valence-electron chi connectivity index (χ4n) is 4.14. The number of benzene rings is 1. The zero-order valence-corrected chi connectivity index (χ0v) is 15.3. The van der Waals surface area contributed by atoms with E-state index in [1.807, 2.05) is 42.3 Å².